The molecule has 2 aromatic rings. The summed E-state index contributed by atoms with van der Waals surface area (Å²) in [5, 5.41) is 63.2. The number of aromatic hydroxyl groups is 3. The van der Waals surface area contributed by atoms with E-state index in [0.29, 0.717) is 0 Å². The first-order chi connectivity index (χ1) is 13.1. The topological polar surface area (TPSA) is 156 Å². The first-order valence-electron chi connectivity index (χ1n) is 8.75. The summed E-state index contributed by atoms with van der Waals surface area (Å²) < 4.78 is 0. The van der Waals surface area contributed by atoms with Gasteiger partial charge in [0.05, 0.1) is 28.4 Å². The van der Waals surface area contributed by atoms with Crippen molar-refractivity contribution >= 4 is 11.6 Å². The molecule has 0 saturated carbocycles. The van der Waals surface area contributed by atoms with E-state index in [4.69, 9.17) is 0 Å². The fraction of sp³-hybridized carbons (Fsp3) is 0.300. The second-order valence-electron chi connectivity index (χ2n) is 7.21. The lowest BCUT2D eigenvalue weighted by molar-refractivity contribution is -0.117. The van der Waals surface area contributed by atoms with E-state index in [2.05, 4.69) is 0 Å². The van der Waals surface area contributed by atoms with Crippen LogP contribution in [0.4, 0.5) is 0 Å². The molecule has 0 aliphatic heterocycles. The van der Waals surface area contributed by atoms with Crippen LogP contribution in [0.15, 0.2) is 18.2 Å². The Kier molecular flexibility index (Phi) is 3.80. The fourth-order valence-corrected chi connectivity index (χ4v) is 4.20. The average Bonchev–Trinajstić information content (AvgIpc) is 2.65. The Morgan fingerprint density at radius 1 is 0.964 bits per heavy atom. The first kappa shape index (κ1) is 18.4. The van der Waals surface area contributed by atoms with E-state index in [-0.39, 0.29) is 35.1 Å². The zero-order valence-corrected chi connectivity index (χ0v) is 14.8. The van der Waals surface area contributed by atoms with E-state index >= 15 is 0 Å². The molecular formula is C20H18O8. The highest BCUT2D eigenvalue weighted by atomic mass is 16.3. The summed E-state index contributed by atoms with van der Waals surface area (Å²) in [5.41, 5.74) is -4.06. The highest BCUT2D eigenvalue weighted by Gasteiger charge is 2.49. The molecule has 2 aromatic carbocycles. The largest absolute Gasteiger partial charge is 0.507 e. The van der Waals surface area contributed by atoms with Crippen LogP contribution in [0.5, 0.6) is 17.2 Å². The molecule has 0 bridgehead atoms. The number of aliphatic hydroxyl groups is 3. The number of phenols is 3. The fourth-order valence-electron chi connectivity index (χ4n) is 4.20. The predicted molar refractivity (Wildman–Crippen MR) is 94.5 cm³/mol. The number of hydrogen-bond acceptors (Lipinski definition) is 8. The lowest BCUT2D eigenvalue weighted by Crippen LogP contribution is -2.42. The number of carbonyl (C=O) groups is 2. The molecule has 2 aliphatic rings. The molecule has 0 fully saturated rings. The Hall–Kier alpha value is -2.94. The minimum atomic E-state index is -1.79. The number of phenolic OH excluding ortho intramolecular Hbond substituents is 3. The van der Waals surface area contributed by atoms with Gasteiger partial charge in [-0.2, -0.15) is 0 Å². The van der Waals surface area contributed by atoms with E-state index in [1.807, 2.05) is 0 Å². The Bertz CT molecular complexity index is 1060. The highest BCUT2D eigenvalue weighted by Crippen LogP contribution is 2.54. The molecule has 8 nitrogen and oxygen atoms in total. The maximum Gasteiger partial charge on any atom is 0.202 e. The van der Waals surface area contributed by atoms with Gasteiger partial charge in [0.2, 0.25) is 5.78 Å². The third kappa shape index (κ3) is 2.10. The van der Waals surface area contributed by atoms with Crippen molar-refractivity contribution in [3.63, 3.8) is 0 Å². The summed E-state index contributed by atoms with van der Waals surface area (Å²) in [4.78, 5) is 25.9. The minimum Gasteiger partial charge on any atom is -0.507 e. The summed E-state index contributed by atoms with van der Waals surface area (Å²) in [6.07, 6.45) is -3.49. The second-order valence-corrected chi connectivity index (χ2v) is 7.21. The number of rotatable bonds is 1. The Balaban J connectivity index is 2.09. The zero-order chi connectivity index (χ0) is 20.5. The molecular weight excluding hydrogens is 368 g/mol. The number of hydrogen-bond donors (Lipinski definition) is 6. The quantitative estimate of drug-likeness (QED) is 0.341. The van der Waals surface area contributed by atoms with E-state index in [0.717, 1.165) is 0 Å². The van der Waals surface area contributed by atoms with Crippen molar-refractivity contribution in [3.8, 4) is 17.2 Å². The molecule has 4 rings (SSSR count). The van der Waals surface area contributed by atoms with Crippen molar-refractivity contribution < 1.29 is 40.2 Å². The van der Waals surface area contributed by atoms with Gasteiger partial charge >= 0.3 is 0 Å². The molecule has 0 heterocycles. The van der Waals surface area contributed by atoms with Gasteiger partial charge in [0, 0.05) is 23.1 Å². The molecule has 0 aromatic heterocycles. The first-order valence-corrected chi connectivity index (χ1v) is 8.75. The normalized spacial score (nSPS) is 25.9. The van der Waals surface area contributed by atoms with Crippen LogP contribution in [0.25, 0.3) is 0 Å². The molecule has 146 valence electrons. The molecule has 0 spiro atoms. The van der Waals surface area contributed by atoms with E-state index in [1.165, 1.54) is 18.2 Å². The van der Waals surface area contributed by atoms with E-state index in [1.54, 1.807) is 6.92 Å². The molecule has 0 saturated heterocycles. The summed E-state index contributed by atoms with van der Waals surface area (Å²) in [6.45, 7) is 1.57. The highest BCUT2D eigenvalue weighted by molar-refractivity contribution is 6.31. The Labute approximate surface area is 158 Å². The maximum atomic E-state index is 12.9. The smallest absolute Gasteiger partial charge is 0.202 e. The van der Waals surface area contributed by atoms with Gasteiger partial charge in [0.25, 0.3) is 0 Å². The molecule has 6 N–H and O–H groups in total. The van der Waals surface area contributed by atoms with Crippen LogP contribution in [-0.2, 0) is 0 Å². The lowest BCUT2D eigenvalue weighted by Gasteiger charge is -2.41. The van der Waals surface area contributed by atoms with Crippen molar-refractivity contribution in [2.75, 3.05) is 0 Å². The molecule has 8 heteroatoms. The van der Waals surface area contributed by atoms with Crippen molar-refractivity contribution in [1.82, 2.24) is 0 Å². The second kappa shape index (κ2) is 5.78. The number of ketones is 2. The number of carbonyl (C=O) groups excluding carboxylic acids is 2. The van der Waals surface area contributed by atoms with Gasteiger partial charge < -0.3 is 30.6 Å². The van der Waals surface area contributed by atoms with Gasteiger partial charge in [-0.3, -0.25) is 9.59 Å². The molecule has 3 atom stereocenters. The summed E-state index contributed by atoms with van der Waals surface area (Å²) in [5.74, 6) is -3.73. The summed E-state index contributed by atoms with van der Waals surface area (Å²) in [7, 11) is 0. The van der Waals surface area contributed by atoms with Gasteiger partial charge in [0.1, 0.15) is 23.4 Å². The molecule has 0 amide bonds. The van der Waals surface area contributed by atoms with Crippen LogP contribution in [0.3, 0.4) is 0 Å². The van der Waals surface area contributed by atoms with Crippen LogP contribution in [0.1, 0.15) is 74.9 Å². The van der Waals surface area contributed by atoms with Crippen LogP contribution < -0.4 is 0 Å². The van der Waals surface area contributed by atoms with E-state index < -0.39 is 57.8 Å². The molecule has 0 unspecified atom stereocenters. The monoisotopic (exact) mass is 386 g/mol. The van der Waals surface area contributed by atoms with Gasteiger partial charge in [-0.1, -0.05) is 19.1 Å². The van der Waals surface area contributed by atoms with Gasteiger partial charge in [-0.05, 0) is 12.5 Å². The van der Waals surface area contributed by atoms with Crippen molar-refractivity contribution in [1.29, 1.82) is 0 Å². The zero-order valence-electron chi connectivity index (χ0n) is 14.8. The van der Waals surface area contributed by atoms with Crippen molar-refractivity contribution in [3.05, 3.63) is 51.6 Å². The SMILES string of the molecule is CC[C@@]1(O)C[C@@H](O)c2c(O)c3c(c(O)c2[C@H]1O)C(=O)c1cccc(O)c1C3=O. The standard InChI is InChI=1S/C20H18O8/c1-2-20(28)6-9(22)11-14(19(20)27)18(26)12-13(17(11)25)16(24)10-7(15(12)23)4-3-5-8(10)21/h3-5,9,19,21-22,25-28H,2,6H2,1H3/t9-,19-,20-/m1/s1. The molecule has 28 heavy (non-hydrogen) atoms. The van der Waals surface area contributed by atoms with Gasteiger partial charge in [-0.15, -0.1) is 0 Å². The third-order valence-electron chi connectivity index (χ3n) is 5.77. The molecule has 2 aliphatic carbocycles. The average molecular weight is 386 g/mol. The Morgan fingerprint density at radius 3 is 2.21 bits per heavy atom. The van der Waals surface area contributed by atoms with Crippen molar-refractivity contribution in [2.24, 2.45) is 0 Å². The lowest BCUT2D eigenvalue weighted by atomic mass is 9.71. The Morgan fingerprint density at radius 2 is 1.57 bits per heavy atom. The maximum absolute atomic E-state index is 12.9. The van der Waals surface area contributed by atoms with Crippen LogP contribution >= 0.6 is 0 Å². The van der Waals surface area contributed by atoms with Crippen LogP contribution in [-0.4, -0.2) is 47.8 Å². The number of aliphatic hydroxyl groups excluding tert-OH is 2. The molecule has 0 radical (unpaired) electrons. The predicted octanol–water partition coefficient (Wildman–Crippen LogP) is 1.19. The number of benzene rings is 2. The summed E-state index contributed by atoms with van der Waals surface area (Å²) in [6, 6.07) is 3.86. The van der Waals surface area contributed by atoms with Crippen LogP contribution in [0, 0.1) is 0 Å². The van der Waals surface area contributed by atoms with Gasteiger partial charge in [-0.25, -0.2) is 0 Å². The third-order valence-corrected chi connectivity index (χ3v) is 5.77. The van der Waals surface area contributed by atoms with Gasteiger partial charge in [0.15, 0.2) is 5.78 Å². The minimum absolute atomic E-state index is 0.0333. The van der Waals surface area contributed by atoms with Crippen LogP contribution in [0.2, 0.25) is 0 Å². The van der Waals surface area contributed by atoms with E-state index in [9.17, 15) is 40.2 Å². The number of fused-ring (bicyclic) bond motifs is 3. The summed E-state index contributed by atoms with van der Waals surface area (Å²) >= 11 is 0. The van der Waals surface area contributed by atoms with Crippen molar-refractivity contribution in [2.45, 2.75) is 37.6 Å².